The fourth-order valence-corrected chi connectivity index (χ4v) is 4.80. The average Bonchev–Trinajstić information content (AvgIpc) is 3.37. The smallest absolute Gasteiger partial charge is 0.308 e. The number of rotatable bonds is 7. The van der Waals surface area contributed by atoms with Gasteiger partial charge in [0.05, 0.1) is 23.9 Å². The molecule has 0 aliphatic carbocycles. The Morgan fingerprint density at radius 1 is 1.14 bits per heavy atom. The minimum Gasteiger partial charge on any atom is -0.469 e. The van der Waals surface area contributed by atoms with Crippen LogP contribution in [0.4, 0.5) is 0 Å². The van der Waals surface area contributed by atoms with Crippen molar-refractivity contribution in [3.05, 3.63) is 34.1 Å². The number of benzene rings is 1. The second-order valence-electron chi connectivity index (χ2n) is 9.34. The van der Waals surface area contributed by atoms with Crippen molar-refractivity contribution >= 4 is 28.7 Å². The van der Waals surface area contributed by atoms with Gasteiger partial charge in [-0.3, -0.25) is 19.2 Å². The molecule has 1 aromatic carbocycles. The van der Waals surface area contributed by atoms with E-state index in [1.807, 2.05) is 25.3 Å². The van der Waals surface area contributed by atoms with Gasteiger partial charge in [0.1, 0.15) is 11.6 Å². The number of carbonyl (C=O) groups is 3. The van der Waals surface area contributed by atoms with Gasteiger partial charge in [-0.05, 0) is 31.7 Å². The predicted molar refractivity (Wildman–Crippen MR) is 132 cm³/mol. The summed E-state index contributed by atoms with van der Waals surface area (Å²) in [6.45, 7) is 7.19. The molecule has 3 heterocycles. The second kappa shape index (κ2) is 10.6. The standard InChI is InChI=1S/C26H33N3O7/c1-5-15(3)22(25(32)29-9-7-16(8-10-29)26(33)34-4)27-24(31)18-13-28(6-2)19-12-21-20(35-14-36-21)11-17(19)23(18)30/h11-13,15-16,22H,5-10,14H2,1-4H3,(H,27,31)/t15-,22-/m0/s1. The summed E-state index contributed by atoms with van der Waals surface area (Å²) in [4.78, 5) is 53.7. The van der Waals surface area contributed by atoms with Gasteiger partial charge in [0.15, 0.2) is 11.5 Å². The van der Waals surface area contributed by atoms with Crippen LogP contribution in [0.25, 0.3) is 10.9 Å². The molecule has 2 atom stereocenters. The number of ether oxygens (including phenoxy) is 3. The maximum absolute atomic E-state index is 13.4. The number of hydrogen-bond acceptors (Lipinski definition) is 7. The number of hydrogen-bond donors (Lipinski definition) is 1. The Morgan fingerprint density at radius 3 is 2.42 bits per heavy atom. The van der Waals surface area contributed by atoms with Crippen molar-refractivity contribution in [2.24, 2.45) is 11.8 Å². The molecule has 36 heavy (non-hydrogen) atoms. The Kier molecular flexibility index (Phi) is 7.51. The molecule has 1 fully saturated rings. The van der Waals surface area contributed by atoms with Crippen LogP contribution < -0.4 is 20.2 Å². The molecule has 2 aliphatic rings. The number of methoxy groups -OCH3 is 1. The number of likely N-dealkylation sites (tertiary alicyclic amines) is 1. The van der Waals surface area contributed by atoms with E-state index in [1.165, 1.54) is 13.3 Å². The molecule has 0 saturated carbocycles. The predicted octanol–water partition coefficient (Wildman–Crippen LogP) is 2.31. The van der Waals surface area contributed by atoms with E-state index in [9.17, 15) is 19.2 Å². The van der Waals surface area contributed by atoms with Crippen molar-refractivity contribution in [1.29, 1.82) is 0 Å². The Morgan fingerprint density at radius 2 is 1.81 bits per heavy atom. The lowest BCUT2D eigenvalue weighted by Crippen LogP contribution is -2.54. The van der Waals surface area contributed by atoms with Crippen LogP contribution >= 0.6 is 0 Å². The van der Waals surface area contributed by atoms with Crippen LogP contribution in [-0.4, -0.2) is 60.3 Å². The molecule has 2 aromatic rings. The van der Waals surface area contributed by atoms with E-state index < -0.39 is 17.4 Å². The second-order valence-corrected chi connectivity index (χ2v) is 9.34. The van der Waals surface area contributed by atoms with Gasteiger partial charge in [-0.1, -0.05) is 20.3 Å². The summed E-state index contributed by atoms with van der Waals surface area (Å²) >= 11 is 0. The monoisotopic (exact) mass is 499 g/mol. The molecule has 1 N–H and O–H groups in total. The molecule has 0 radical (unpaired) electrons. The molecule has 0 unspecified atom stereocenters. The Hall–Kier alpha value is -3.56. The number of nitrogens with zero attached hydrogens (tertiary/aromatic N) is 2. The molecule has 4 rings (SSSR count). The van der Waals surface area contributed by atoms with Crippen molar-refractivity contribution in [3.8, 4) is 11.5 Å². The molecule has 10 heteroatoms. The quantitative estimate of drug-likeness (QED) is 0.581. The molecule has 2 aliphatic heterocycles. The maximum Gasteiger partial charge on any atom is 0.308 e. The number of piperidine rings is 1. The summed E-state index contributed by atoms with van der Waals surface area (Å²) < 4.78 is 17.5. The third-order valence-corrected chi connectivity index (χ3v) is 7.27. The molecule has 0 bridgehead atoms. The molecule has 0 spiro atoms. The molecular formula is C26H33N3O7. The third-order valence-electron chi connectivity index (χ3n) is 7.27. The lowest BCUT2D eigenvalue weighted by molar-refractivity contribution is -0.149. The number of aromatic nitrogens is 1. The maximum atomic E-state index is 13.4. The number of fused-ring (bicyclic) bond motifs is 2. The first-order chi connectivity index (χ1) is 17.3. The van der Waals surface area contributed by atoms with Crippen LogP contribution in [0, 0.1) is 11.8 Å². The summed E-state index contributed by atoms with van der Waals surface area (Å²) in [5.41, 5.74) is 0.180. The fraction of sp³-hybridized carbons (Fsp3) is 0.538. The zero-order valence-corrected chi connectivity index (χ0v) is 21.2. The Bertz CT molecular complexity index is 1230. The SMILES string of the molecule is CC[C@H](C)[C@H](NC(=O)c1cn(CC)c2cc3c(cc2c1=O)OCO3)C(=O)N1CCC(C(=O)OC)CC1. The van der Waals surface area contributed by atoms with Crippen molar-refractivity contribution < 1.29 is 28.6 Å². The highest BCUT2D eigenvalue weighted by atomic mass is 16.7. The van der Waals surface area contributed by atoms with E-state index in [-0.39, 0.29) is 36.1 Å². The van der Waals surface area contributed by atoms with Crippen LogP contribution in [0.3, 0.4) is 0 Å². The Balaban J connectivity index is 1.59. The van der Waals surface area contributed by atoms with Gasteiger partial charge in [-0.2, -0.15) is 0 Å². The summed E-state index contributed by atoms with van der Waals surface area (Å²) in [6, 6.07) is 2.55. The average molecular weight is 500 g/mol. The van der Waals surface area contributed by atoms with Crippen LogP contribution in [0.15, 0.2) is 23.1 Å². The van der Waals surface area contributed by atoms with Crippen molar-refractivity contribution in [2.75, 3.05) is 27.0 Å². The van der Waals surface area contributed by atoms with Crippen LogP contribution in [-0.2, 0) is 20.9 Å². The first-order valence-corrected chi connectivity index (χ1v) is 12.4. The van der Waals surface area contributed by atoms with Crippen LogP contribution in [0.1, 0.15) is 50.4 Å². The van der Waals surface area contributed by atoms with Crippen molar-refractivity contribution in [3.63, 3.8) is 0 Å². The zero-order chi connectivity index (χ0) is 26.0. The highest BCUT2D eigenvalue weighted by Crippen LogP contribution is 2.35. The van der Waals surface area contributed by atoms with E-state index >= 15 is 0 Å². The number of amides is 2. The van der Waals surface area contributed by atoms with E-state index in [0.717, 1.165) is 0 Å². The summed E-state index contributed by atoms with van der Waals surface area (Å²) in [5.74, 6) is -0.424. The van der Waals surface area contributed by atoms with Crippen LogP contribution in [0.5, 0.6) is 11.5 Å². The van der Waals surface area contributed by atoms with Gasteiger partial charge < -0.3 is 29.0 Å². The molecule has 10 nitrogen and oxygen atoms in total. The summed E-state index contributed by atoms with van der Waals surface area (Å²) in [6.07, 6.45) is 3.22. The summed E-state index contributed by atoms with van der Waals surface area (Å²) in [7, 11) is 1.36. The molecular weight excluding hydrogens is 466 g/mol. The number of carbonyl (C=O) groups excluding carboxylic acids is 3. The van der Waals surface area contributed by atoms with Gasteiger partial charge in [-0.25, -0.2) is 0 Å². The number of esters is 1. The number of aryl methyl sites for hydroxylation is 1. The van der Waals surface area contributed by atoms with E-state index in [1.54, 1.807) is 17.0 Å². The first-order valence-electron chi connectivity index (χ1n) is 12.4. The van der Waals surface area contributed by atoms with E-state index in [4.69, 9.17) is 14.2 Å². The van der Waals surface area contributed by atoms with E-state index in [2.05, 4.69) is 5.32 Å². The van der Waals surface area contributed by atoms with Gasteiger partial charge >= 0.3 is 5.97 Å². The van der Waals surface area contributed by atoms with E-state index in [0.29, 0.717) is 61.3 Å². The topological polar surface area (TPSA) is 116 Å². The Labute approximate surface area is 209 Å². The summed E-state index contributed by atoms with van der Waals surface area (Å²) in [5, 5.41) is 3.20. The lowest BCUT2D eigenvalue weighted by atomic mass is 9.93. The highest BCUT2D eigenvalue weighted by molar-refractivity contribution is 6.00. The molecule has 1 saturated heterocycles. The largest absolute Gasteiger partial charge is 0.469 e. The molecule has 2 amide bonds. The van der Waals surface area contributed by atoms with Gasteiger partial charge in [0.2, 0.25) is 18.1 Å². The number of pyridine rings is 1. The fourth-order valence-electron chi connectivity index (χ4n) is 4.80. The van der Waals surface area contributed by atoms with Crippen molar-refractivity contribution in [2.45, 2.75) is 52.6 Å². The third kappa shape index (κ3) is 4.76. The lowest BCUT2D eigenvalue weighted by Gasteiger charge is -2.35. The first kappa shape index (κ1) is 25.5. The number of nitrogens with one attached hydrogen (secondary N) is 1. The highest BCUT2D eigenvalue weighted by Gasteiger charge is 2.34. The molecule has 194 valence electrons. The minimum atomic E-state index is -0.792. The molecule has 1 aromatic heterocycles. The van der Waals surface area contributed by atoms with Gasteiger partial charge in [0.25, 0.3) is 5.91 Å². The normalized spacial score (nSPS) is 17.1. The van der Waals surface area contributed by atoms with Crippen molar-refractivity contribution in [1.82, 2.24) is 14.8 Å². The van der Waals surface area contributed by atoms with Crippen LogP contribution in [0.2, 0.25) is 0 Å². The van der Waals surface area contributed by atoms with Gasteiger partial charge in [0, 0.05) is 31.9 Å². The zero-order valence-electron chi connectivity index (χ0n) is 21.2. The minimum absolute atomic E-state index is 0.0336. The van der Waals surface area contributed by atoms with Gasteiger partial charge in [-0.15, -0.1) is 0 Å².